The van der Waals surface area contributed by atoms with Crippen molar-refractivity contribution >= 4 is 17.4 Å². The van der Waals surface area contributed by atoms with Gasteiger partial charge in [-0.15, -0.1) is 0 Å². The van der Waals surface area contributed by atoms with E-state index < -0.39 is 0 Å². The van der Waals surface area contributed by atoms with Gasteiger partial charge in [-0.2, -0.15) is 0 Å². The molecule has 2 fully saturated rings. The summed E-state index contributed by atoms with van der Waals surface area (Å²) in [4.78, 5) is 21.0. The summed E-state index contributed by atoms with van der Waals surface area (Å²) in [5, 5.41) is 12.3. The average Bonchev–Trinajstić information content (AvgIpc) is 3.40. The van der Waals surface area contributed by atoms with Gasteiger partial charge in [0.25, 0.3) is 0 Å². The monoisotopic (exact) mass is 318 g/mol. The smallest absolute Gasteiger partial charge is 0.238 e. The summed E-state index contributed by atoms with van der Waals surface area (Å²) in [6, 6.07) is 4.34. The topological polar surface area (TPSA) is 68.7 Å². The molecule has 1 aromatic heterocycles. The van der Waals surface area contributed by atoms with Gasteiger partial charge in [-0.1, -0.05) is 0 Å². The lowest BCUT2D eigenvalue weighted by Gasteiger charge is -2.33. The van der Waals surface area contributed by atoms with E-state index >= 15 is 0 Å². The fourth-order valence-corrected chi connectivity index (χ4v) is 3.13. The van der Waals surface area contributed by atoms with Gasteiger partial charge in [-0.05, 0) is 50.8 Å². The molecule has 2 aliphatic rings. The van der Waals surface area contributed by atoms with Crippen molar-refractivity contribution < 1.29 is 9.90 Å². The van der Waals surface area contributed by atoms with Crippen LogP contribution in [-0.2, 0) is 4.79 Å². The predicted molar refractivity (Wildman–Crippen MR) is 90.5 cm³/mol. The molecule has 0 unspecified atom stereocenters. The number of nitrogens with zero attached hydrogens (tertiary/aromatic N) is 3. The van der Waals surface area contributed by atoms with Crippen LogP contribution in [0.3, 0.4) is 0 Å². The number of piperidine rings is 1. The summed E-state index contributed by atoms with van der Waals surface area (Å²) in [7, 11) is 2.00. The second kappa shape index (κ2) is 7.27. The minimum absolute atomic E-state index is 0.0129. The Morgan fingerprint density at radius 1 is 1.39 bits per heavy atom. The molecule has 1 aliphatic heterocycles. The van der Waals surface area contributed by atoms with Gasteiger partial charge in [0, 0.05) is 31.9 Å². The van der Waals surface area contributed by atoms with Gasteiger partial charge in [0.05, 0.1) is 12.2 Å². The van der Waals surface area contributed by atoms with Crippen molar-refractivity contribution in [1.82, 2.24) is 9.88 Å². The second-order valence-corrected chi connectivity index (χ2v) is 6.68. The Morgan fingerprint density at radius 3 is 2.78 bits per heavy atom. The molecule has 126 valence electrons. The molecule has 6 nitrogen and oxygen atoms in total. The van der Waals surface area contributed by atoms with Crippen LogP contribution in [0.4, 0.5) is 11.5 Å². The van der Waals surface area contributed by atoms with E-state index in [1.54, 1.807) is 6.20 Å². The van der Waals surface area contributed by atoms with Crippen LogP contribution in [0, 0.1) is 5.92 Å². The lowest BCUT2D eigenvalue weighted by Crippen LogP contribution is -2.36. The van der Waals surface area contributed by atoms with E-state index in [1.165, 1.54) is 12.8 Å². The number of carbonyl (C=O) groups is 1. The van der Waals surface area contributed by atoms with E-state index in [9.17, 15) is 9.90 Å². The molecule has 0 radical (unpaired) electrons. The normalized spacial score (nSPS) is 19.2. The number of pyridine rings is 1. The number of hydrogen-bond donors (Lipinski definition) is 2. The number of likely N-dealkylation sites (N-methyl/N-ethyl adjacent to an activating group) is 1. The molecule has 1 aromatic rings. The maximum atomic E-state index is 12.3. The summed E-state index contributed by atoms with van der Waals surface area (Å²) in [5.74, 6) is 1.24. The molecule has 0 atom stereocenters. The van der Waals surface area contributed by atoms with E-state index in [4.69, 9.17) is 0 Å². The van der Waals surface area contributed by atoms with Crippen LogP contribution >= 0.6 is 0 Å². The summed E-state index contributed by atoms with van der Waals surface area (Å²) in [6.07, 6.45) is 6.08. The van der Waals surface area contributed by atoms with E-state index in [-0.39, 0.29) is 12.5 Å². The Kier molecular flexibility index (Phi) is 5.13. The van der Waals surface area contributed by atoms with E-state index in [0.29, 0.717) is 18.5 Å². The average molecular weight is 318 g/mol. The largest absolute Gasteiger partial charge is 0.396 e. The highest BCUT2D eigenvalue weighted by Crippen LogP contribution is 2.28. The van der Waals surface area contributed by atoms with Crippen molar-refractivity contribution in [1.29, 1.82) is 0 Å². The third-order valence-corrected chi connectivity index (χ3v) is 4.80. The summed E-state index contributed by atoms with van der Waals surface area (Å²) in [5.41, 5.74) is 0.782. The molecule has 2 heterocycles. The first-order valence-corrected chi connectivity index (χ1v) is 8.48. The van der Waals surface area contributed by atoms with Crippen LogP contribution in [0.15, 0.2) is 18.3 Å². The van der Waals surface area contributed by atoms with E-state index in [0.717, 1.165) is 37.4 Å². The summed E-state index contributed by atoms with van der Waals surface area (Å²) >= 11 is 0. The molecule has 1 aliphatic carbocycles. The number of hydrogen-bond acceptors (Lipinski definition) is 5. The van der Waals surface area contributed by atoms with Gasteiger partial charge >= 0.3 is 0 Å². The Balaban J connectivity index is 1.62. The van der Waals surface area contributed by atoms with Gasteiger partial charge in [-0.3, -0.25) is 9.69 Å². The molecular formula is C17H26N4O2. The fourth-order valence-electron chi connectivity index (χ4n) is 3.13. The SMILES string of the molecule is CN(CC(=O)Nc1cccnc1N1CCC(CO)CC1)C1CC1. The first-order chi connectivity index (χ1) is 11.2. The third-order valence-electron chi connectivity index (χ3n) is 4.80. The molecule has 0 bridgehead atoms. The van der Waals surface area contributed by atoms with Crippen molar-refractivity contribution in [2.75, 3.05) is 43.5 Å². The fraction of sp³-hybridized carbons (Fsp3) is 0.647. The number of aliphatic hydroxyl groups is 1. The maximum Gasteiger partial charge on any atom is 0.238 e. The van der Waals surface area contributed by atoms with E-state index in [1.807, 2.05) is 19.2 Å². The number of carbonyl (C=O) groups excluding carboxylic acids is 1. The zero-order valence-electron chi connectivity index (χ0n) is 13.7. The first kappa shape index (κ1) is 16.2. The van der Waals surface area contributed by atoms with Gasteiger partial charge in [-0.25, -0.2) is 4.98 Å². The molecular weight excluding hydrogens is 292 g/mol. The number of anilines is 2. The summed E-state index contributed by atoms with van der Waals surface area (Å²) < 4.78 is 0. The molecule has 23 heavy (non-hydrogen) atoms. The van der Waals surface area contributed by atoms with Crippen LogP contribution in [0.2, 0.25) is 0 Å². The van der Waals surface area contributed by atoms with Crippen LogP contribution in [-0.4, -0.2) is 60.2 Å². The summed E-state index contributed by atoms with van der Waals surface area (Å²) in [6.45, 7) is 2.42. The maximum absolute atomic E-state index is 12.3. The van der Waals surface area contributed by atoms with Crippen LogP contribution in [0.25, 0.3) is 0 Å². The van der Waals surface area contributed by atoms with Crippen LogP contribution < -0.4 is 10.2 Å². The van der Waals surface area contributed by atoms with E-state index in [2.05, 4.69) is 20.1 Å². The molecule has 1 saturated heterocycles. The molecule has 2 N–H and O–H groups in total. The minimum atomic E-state index is 0.0129. The number of rotatable bonds is 6. The van der Waals surface area contributed by atoms with Gasteiger partial charge in [0.2, 0.25) is 5.91 Å². The quantitative estimate of drug-likeness (QED) is 0.828. The highest BCUT2D eigenvalue weighted by Gasteiger charge is 2.27. The molecule has 6 heteroatoms. The van der Waals surface area contributed by atoms with Crippen LogP contribution in [0.1, 0.15) is 25.7 Å². The number of amides is 1. The number of aromatic nitrogens is 1. The van der Waals surface area contributed by atoms with Crippen LogP contribution in [0.5, 0.6) is 0 Å². The molecule has 3 rings (SSSR count). The number of aliphatic hydroxyl groups excluding tert-OH is 1. The predicted octanol–water partition coefficient (Wildman–Crippen LogP) is 1.32. The van der Waals surface area contributed by atoms with Crippen molar-refractivity contribution in [2.24, 2.45) is 5.92 Å². The third kappa shape index (κ3) is 4.20. The second-order valence-electron chi connectivity index (χ2n) is 6.68. The standard InChI is InChI=1S/C17H26N4O2/c1-20(14-4-5-14)11-16(23)19-15-3-2-8-18-17(15)21-9-6-13(12-22)7-10-21/h2-3,8,13-14,22H,4-7,9-12H2,1H3,(H,19,23). The zero-order valence-corrected chi connectivity index (χ0v) is 13.7. The Hall–Kier alpha value is -1.66. The minimum Gasteiger partial charge on any atom is -0.396 e. The Bertz CT molecular complexity index is 539. The molecule has 0 aromatic carbocycles. The molecule has 0 spiro atoms. The zero-order chi connectivity index (χ0) is 16.2. The van der Waals surface area contributed by atoms with Gasteiger partial charge in [0.15, 0.2) is 5.82 Å². The van der Waals surface area contributed by atoms with Crippen molar-refractivity contribution in [3.63, 3.8) is 0 Å². The lowest BCUT2D eigenvalue weighted by atomic mass is 9.98. The molecule has 1 amide bonds. The Morgan fingerprint density at radius 2 is 2.13 bits per heavy atom. The van der Waals surface area contributed by atoms with Crippen molar-refractivity contribution in [3.8, 4) is 0 Å². The van der Waals surface area contributed by atoms with Gasteiger partial charge in [0.1, 0.15) is 0 Å². The highest BCUT2D eigenvalue weighted by molar-refractivity contribution is 5.95. The van der Waals surface area contributed by atoms with Gasteiger partial charge < -0.3 is 15.3 Å². The number of nitrogens with one attached hydrogen (secondary N) is 1. The first-order valence-electron chi connectivity index (χ1n) is 8.48. The van der Waals surface area contributed by atoms with Crippen molar-refractivity contribution in [2.45, 2.75) is 31.7 Å². The molecule has 1 saturated carbocycles. The highest BCUT2D eigenvalue weighted by atomic mass is 16.3. The van der Waals surface area contributed by atoms with Crippen molar-refractivity contribution in [3.05, 3.63) is 18.3 Å². The lowest BCUT2D eigenvalue weighted by molar-refractivity contribution is -0.117. The Labute approximate surface area is 137 Å².